The molecule has 2 aromatic heterocycles. The average Bonchev–Trinajstić information content (AvgIpc) is 3.85. The molecule has 5 amide bonds. The predicted molar refractivity (Wildman–Crippen MR) is 263 cm³/mol. The van der Waals surface area contributed by atoms with E-state index in [9.17, 15) is 41.7 Å². The number of alkyl carbamates (subject to hydrolysis) is 2. The largest absolute Gasteiger partial charge is 0.489 e. The van der Waals surface area contributed by atoms with E-state index in [4.69, 9.17) is 28.5 Å². The molecule has 4 rings (SSSR count). The first-order valence-corrected chi connectivity index (χ1v) is 25.2. The molecule has 0 radical (unpaired) electrons. The number of nitrogens with one attached hydrogen (secondary N) is 4. The number of carbonyl (C=O) groups is 6. The number of aryl methyl sites for hydroxylation is 1. The van der Waals surface area contributed by atoms with Crippen molar-refractivity contribution in [1.29, 1.82) is 0 Å². The molecular formula is C46H68N9O16S2+. The van der Waals surface area contributed by atoms with Crippen LogP contribution in [0.2, 0.25) is 0 Å². The fraction of sp³-hybridized carbons (Fsp3) is 0.587. The Kier molecular flexibility index (Phi) is 19.0. The topological polar surface area (TPSA) is 307 Å². The summed E-state index contributed by atoms with van der Waals surface area (Å²) < 4.78 is 67.9. The molecule has 3 aromatic rings. The minimum Gasteiger partial charge on any atom is -0.489 e. The molecule has 25 nitrogen and oxygen atoms in total. The summed E-state index contributed by atoms with van der Waals surface area (Å²) in [6, 6.07) is 5.45. The summed E-state index contributed by atoms with van der Waals surface area (Å²) in [5, 5.41) is 16.1. The molecule has 1 fully saturated rings. The van der Waals surface area contributed by atoms with E-state index in [1.54, 1.807) is 107 Å². The zero-order chi connectivity index (χ0) is 54.9. The van der Waals surface area contributed by atoms with Crippen LogP contribution in [0, 0.1) is 0 Å². The number of benzene rings is 1. The number of β-lactam (4-membered cyclic amide) rings is 1. The number of aromatic nitrogens is 3. The van der Waals surface area contributed by atoms with Crippen molar-refractivity contribution in [3.63, 3.8) is 0 Å². The summed E-state index contributed by atoms with van der Waals surface area (Å²) in [5.41, 5.74) is -3.90. The first kappa shape index (κ1) is 59.0. The molecule has 2 atom stereocenters. The maximum absolute atomic E-state index is 14.0. The molecular weight excluding hydrogens is 999 g/mol. The van der Waals surface area contributed by atoms with Crippen LogP contribution in [0.3, 0.4) is 0 Å². The van der Waals surface area contributed by atoms with Crippen molar-refractivity contribution in [3.05, 3.63) is 47.7 Å². The summed E-state index contributed by atoms with van der Waals surface area (Å²) in [6.07, 6.45) is 0.819. The summed E-state index contributed by atoms with van der Waals surface area (Å²) in [6.45, 7) is 24.2. The van der Waals surface area contributed by atoms with Crippen molar-refractivity contribution in [3.8, 4) is 16.9 Å². The van der Waals surface area contributed by atoms with Gasteiger partial charge in [-0.2, -0.15) is 18.2 Å². The SMILES string of the molecule is CC(C)(C)OC(=O)NCCC[n+]1cc(-c2ccc(OC[C@H](O/N=C(\C(=O)N[C@@H]3C(=O)N(OS(=O)(=O)O)C3(C)C)c3csc(NC(=O)OC(C)(C)C)n3)C(=O)OC(C)(C)C)cc2)cn1CCNC(=O)OC(C)(C)C. The fourth-order valence-corrected chi connectivity index (χ4v) is 7.50. The summed E-state index contributed by atoms with van der Waals surface area (Å²) in [7, 11) is -5.11. The Labute approximate surface area is 428 Å². The zero-order valence-corrected chi connectivity index (χ0v) is 45.2. The summed E-state index contributed by atoms with van der Waals surface area (Å²) in [5.74, 6) is -2.76. The predicted octanol–water partition coefficient (Wildman–Crippen LogP) is 5.04. The maximum Gasteiger partial charge on any atom is 0.418 e. The third-order valence-corrected chi connectivity index (χ3v) is 10.5. The van der Waals surface area contributed by atoms with Gasteiger partial charge in [0.15, 0.2) is 17.4 Å². The number of rotatable bonds is 20. The fourth-order valence-electron chi connectivity index (χ4n) is 6.37. The number of anilines is 1. The third-order valence-electron chi connectivity index (χ3n) is 9.37. The van der Waals surface area contributed by atoms with Crippen molar-refractivity contribution in [2.45, 2.75) is 157 Å². The van der Waals surface area contributed by atoms with Crippen LogP contribution in [-0.2, 0) is 65.9 Å². The average molecular weight is 1070 g/mol. The number of esters is 1. The number of carbonyl (C=O) groups excluding carboxylic acids is 6. The van der Waals surface area contributed by atoms with Gasteiger partial charge in [-0.25, -0.2) is 24.2 Å². The van der Waals surface area contributed by atoms with Gasteiger partial charge in [-0.1, -0.05) is 17.3 Å². The number of ether oxygens (including phenoxy) is 5. The van der Waals surface area contributed by atoms with Crippen LogP contribution in [0.15, 0.2) is 47.2 Å². The van der Waals surface area contributed by atoms with Crippen LogP contribution in [0.25, 0.3) is 11.1 Å². The Balaban J connectivity index is 1.58. The normalized spacial score (nSPS) is 15.5. The second-order valence-electron chi connectivity index (χ2n) is 21.0. The number of hydrogen-bond acceptors (Lipinski definition) is 18. The Morgan fingerprint density at radius 1 is 0.836 bits per heavy atom. The van der Waals surface area contributed by atoms with Crippen LogP contribution in [0.4, 0.5) is 19.5 Å². The van der Waals surface area contributed by atoms with Crippen LogP contribution in [0.1, 0.15) is 109 Å². The Morgan fingerprint density at radius 2 is 1.40 bits per heavy atom. The highest BCUT2D eigenvalue weighted by Gasteiger charge is 2.58. The number of amides is 5. The molecule has 0 bridgehead atoms. The van der Waals surface area contributed by atoms with Crippen molar-refractivity contribution in [2.75, 3.05) is 25.0 Å². The van der Waals surface area contributed by atoms with Crippen molar-refractivity contribution < 1.29 is 79.2 Å². The van der Waals surface area contributed by atoms with Gasteiger partial charge in [-0.3, -0.25) is 19.5 Å². The van der Waals surface area contributed by atoms with Crippen molar-refractivity contribution >= 4 is 68.6 Å². The highest BCUT2D eigenvalue weighted by Crippen LogP contribution is 2.33. The molecule has 0 unspecified atom stereocenters. The van der Waals surface area contributed by atoms with E-state index in [-0.39, 0.29) is 17.4 Å². The van der Waals surface area contributed by atoms with E-state index in [1.807, 2.05) is 21.8 Å². The molecule has 0 saturated carbocycles. The van der Waals surface area contributed by atoms with E-state index >= 15 is 0 Å². The molecule has 1 aliphatic rings. The minimum absolute atomic E-state index is 0.0258. The smallest absolute Gasteiger partial charge is 0.418 e. The maximum atomic E-state index is 14.0. The first-order chi connectivity index (χ1) is 33.5. The molecule has 27 heteroatoms. The molecule has 0 aliphatic carbocycles. The first-order valence-electron chi connectivity index (χ1n) is 23.0. The molecule has 1 aliphatic heterocycles. The molecule has 404 valence electrons. The monoisotopic (exact) mass is 1070 g/mol. The molecule has 73 heavy (non-hydrogen) atoms. The lowest BCUT2D eigenvalue weighted by atomic mass is 9.84. The van der Waals surface area contributed by atoms with Crippen LogP contribution in [-0.4, -0.2) is 129 Å². The van der Waals surface area contributed by atoms with Gasteiger partial charge >= 0.3 is 34.6 Å². The number of hydroxylamine groups is 2. The number of hydrogen-bond donors (Lipinski definition) is 5. The van der Waals surface area contributed by atoms with E-state index in [2.05, 4.69) is 35.7 Å². The van der Waals surface area contributed by atoms with Crippen LogP contribution in [0.5, 0.6) is 5.75 Å². The van der Waals surface area contributed by atoms with Gasteiger partial charge in [-0.15, -0.1) is 20.3 Å². The third kappa shape index (κ3) is 19.4. The van der Waals surface area contributed by atoms with E-state index in [1.165, 1.54) is 19.2 Å². The van der Waals surface area contributed by atoms with E-state index < -0.39 is 98.9 Å². The van der Waals surface area contributed by atoms with Gasteiger partial charge in [0.1, 0.15) is 46.5 Å². The standard InChI is InChI=1S/C46H67N9O16S2/c1-42(2,3)66-37(58)32(70-52-33(31-27-72-38(49-31)51-41(61)69-45(10,11)12)35(56)50-34-36(57)55(46(34,13)14)71-73(62,63)64)26-65-30-18-16-28(17-19-30)29-24-53(22-15-20-47-39(59)67-43(4,5)6)54(25-29)23-21-48-40(60)68-44(7,8)9/h16-19,24-25,27,32,34H,15,20-23,26H2,1-14H3,(H4-,47,48,49,50,51,56,59,60,61,62,63,64)/p+1/b52-33-/t32-,34+/m0/s1. The highest BCUT2D eigenvalue weighted by molar-refractivity contribution is 7.80. The minimum atomic E-state index is -5.11. The van der Waals surface area contributed by atoms with Crippen LogP contribution >= 0.6 is 11.3 Å². The lowest BCUT2D eigenvalue weighted by Crippen LogP contribution is -2.76. The molecule has 1 saturated heterocycles. The van der Waals surface area contributed by atoms with Gasteiger partial charge in [0, 0.05) is 24.9 Å². The summed E-state index contributed by atoms with van der Waals surface area (Å²) in [4.78, 5) is 87.6. The summed E-state index contributed by atoms with van der Waals surface area (Å²) >= 11 is 0.879. The molecule has 1 aromatic carbocycles. The van der Waals surface area contributed by atoms with Gasteiger partial charge in [0.05, 0.1) is 23.8 Å². The zero-order valence-electron chi connectivity index (χ0n) is 43.6. The second kappa shape index (κ2) is 23.5. The van der Waals surface area contributed by atoms with Crippen LogP contribution < -0.4 is 30.7 Å². The number of nitrogens with zero attached hydrogens (tertiary/aromatic N) is 5. The Hall–Kier alpha value is -6.58. The number of oxime groups is 1. The Morgan fingerprint density at radius 3 is 1.95 bits per heavy atom. The molecule has 3 heterocycles. The van der Waals surface area contributed by atoms with Gasteiger partial charge in [0.25, 0.3) is 17.9 Å². The van der Waals surface area contributed by atoms with Crippen molar-refractivity contribution in [2.24, 2.45) is 5.16 Å². The quantitative estimate of drug-likeness (QED) is 0.0145. The van der Waals surface area contributed by atoms with E-state index in [0.717, 1.165) is 22.5 Å². The van der Waals surface area contributed by atoms with Crippen molar-refractivity contribution in [1.82, 2.24) is 30.7 Å². The van der Waals surface area contributed by atoms with E-state index in [0.29, 0.717) is 36.9 Å². The van der Waals surface area contributed by atoms with Gasteiger partial charge in [0.2, 0.25) is 6.20 Å². The lowest BCUT2D eigenvalue weighted by molar-refractivity contribution is -0.775. The van der Waals surface area contributed by atoms with Gasteiger partial charge in [-0.05, 0) is 115 Å². The van der Waals surface area contributed by atoms with Gasteiger partial charge < -0.3 is 44.5 Å². The molecule has 5 N–H and O–H groups in total. The lowest BCUT2D eigenvalue weighted by Gasteiger charge is -2.50. The highest BCUT2D eigenvalue weighted by atomic mass is 32.3. The Bertz CT molecular complexity index is 2600. The second-order valence-corrected chi connectivity index (χ2v) is 22.9. The molecule has 0 spiro atoms. The number of thiazole rings is 1.